The van der Waals surface area contributed by atoms with Gasteiger partial charge >= 0.3 is 6.18 Å². The molecule has 6 heteroatoms. The van der Waals surface area contributed by atoms with Gasteiger partial charge in [-0.25, -0.2) is 4.39 Å². The van der Waals surface area contributed by atoms with E-state index in [2.05, 4.69) is 22.9 Å². The number of benzene rings is 1. The molecule has 1 nitrogen and oxygen atoms in total. The van der Waals surface area contributed by atoms with Crippen LogP contribution in [0.3, 0.4) is 0 Å². The summed E-state index contributed by atoms with van der Waals surface area (Å²) in [6.07, 6.45) is -3.59. The largest absolute Gasteiger partial charge is 0.416 e. The highest BCUT2D eigenvalue weighted by molar-refractivity contribution is 9.09. The summed E-state index contributed by atoms with van der Waals surface area (Å²) in [5, 5.41) is 0.675. The van der Waals surface area contributed by atoms with E-state index in [0.29, 0.717) is 23.9 Å². The van der Waals surface area contributed by atoms with Gasteiger partial charge in [0.1, 0.15) is 5.82 Å². The highest BCUT2D eigenvalue weighted by atomic mass is 79.9. The first kappa shape index (κ1) is 14.6. The molecule has 1 aromatic rings. The first-order valence-electron chi connectivity index (χ1n) is 6.04. The average Bonchev–Trinajstić information content (AvgIpc) is 2.69. The SMILES string of the molecule is CC1CCN(c2ccc(C(F)(F)F)cc2F)C1CBr. The zero-order chi connectivity index (χ0) is 14.2. The van der Waals surface area contributed by atoms with Crippen LogP contribution in [0.15, 0.2) is 18.2 Å². The minimum atomic E-state index is -4.51. The van der Waals surface area contributed by atoms with E-state index in [9.17, 15) is 17.6 Å². The van der Waals surface area contributed by atoms with Crippen molar-refractivity contribution in [1.29, 1.82) is 0 Å². The fraction of sp³-hybridized carbons (Fsp3) is 0.538. The number of rotatable bonds is 2. The second kappa shape index (κ2) is 5.31. The highest BCUT2D eigenvalue weighted by Gasteiger charge is 2.34. The maximum absolute atomic E-state index is 13.9. The summed E-state index contributed by atoms with van der Waals surface area (Å²) in [6.45, 7) is 2.73. The number of anilines is 1. The van der Waals surface area contributed by atoms with Crippen LogP contribution in [-0.2, 0) is 6.18 Å². The lowest BCUT2D eigenvalue weighted by Gasteiger charge is -2.28. The molecule has 1 aromatic carbocycles. The molecule has 0 radical (unpaired) electrons. The molecule has 0 aromatic heterocycles. The first-order valence-corrected chi connectivity index (χ1v) is 7.16. The number of alkyl halides is 4. The van der Waals surface area contributed by atoms with Crippen LogP contribution < -0.4 is 4.90 Å². The molecule has 106 valence electrons. The van der Waals surface area contributed by atoms with Gasteiger partial charge in [-0.1, -0.05) is 22.9 Å². The Morgan fingerprint density at radius 1 is 1.37 bits per heavy atom. The third-order valence-corrected chi connectivity index (χ3v) is 4.29. The van der Waals surface area contributed by atoms with Crippen molar-refractivity contribution in [2.24, 2.45) is 5.92 Å². The molecule has 1 aliphatic rings. The van der Waals surface area contributed by atoms with Gasteiger partial charge in [0.15, 0.2) is 0 Å². The lowest BCUT2D eigenvalue weighted by Crippen LogP contribution is -2.34. The van der Waals surface area contributed by atoms with Crippen molar-refractivity contribution >= 4 is 21.6 Å². The molecule has 0 amide bonds. The Hall–Kier alpha value is -0.780. The van der Waals surface area contributed by atoms with Crippen molar-refractivity contribution in [3.8, 4) is 0 Å². The number of nitrogens with zero attached hydrogens (tertiary/aromatic N) is 1. The van der Waals surface area contributed by atoms with Crippen LogP contribution in [-0.4, -0.2) is 17.9 Å². The monoisotopic (exact) mass is 339 g/mol. The zero-order valence-corrected chi connectivity index (χ0v) is 11.9. The predicted molar refractivity (Wildman–Crippen MR) is 70.1 cm³/mol. The van der Waals surface area contributed by atoms with Gasteiger partial charge in [-0.2, -0.15) is 13.2 Å². The lowest BCUT2D eigenvalue weighted by atomic mass is 10.0. The minimum Gasteiger partial charge on any atom is -0.365 e. The summed E-state index contributed by atoms with van der Waals surface area (Å²) in [4.78, 5) is 1.84. The summed E-state index contributed by atoms with van der Waals surface area (Å²) in [7, 11) is 0. The lowest BCUT2D eigenvalue weighted by molar-refractivity contribution is -0.137. The molecule has 1 fully saturated rings. The third kappa shape index (κ3) is 2.88. The molecular formula is C13H14BrF4N. The molecule has 2 unspecified atom stereocenters. The van der Waals surface area contributed by atoms with Gasteiger partial charge in [0.2, 0.25) is 0 Å². The van der Waals surface area contributed by atoms with Crippen LogP contribution in [0.4, 0.5) is 23.2 Å². The zero-order valence-electron chi connectivity index (χ0n) is 10.3. The van der Waals surface area contributed by atoms with Crippen LogP contribution in [0.25, 0.3) is 0 Å². The topological polar surface area (TPSA) is 3.24 Å². The van der Waals surface area contributed by atoms with Crippen molar-refractivity contribution in [3.63, 3.8) is 0 Å². The van der Waals surface area contributed by atoms with E-state index in [-0.39, 0.29) is 11.7 Å². The standard InChI is InChI=1S/C13H14BrF4N/c1-8-4-5-19(12(8)7-14)11-3-2-9(6-10(11)15)13(16,17)18/h2-3,6,8,12H,4-5,7H2,1H3. The molecular weight excluding hydrogens is 326 g/mol. The van der Waals surface area contributed by atoms with Gasteiger partial charge in [0.25, 0.3) is 0 Å². The molecule has 0 aliphatic carbocycles. The molecule has 19 heavy (non-hydrogen) atoms. The van der Waals surface area contributed by atoms with Gasteiger partial charge in [0.05, 0.1) is 11.3 Å². The highest BCUT2D eigenvalue weighted by Crippen LogP contribution is 2.36. The second-order valence-corrected chi connectivity index (χ2v) is 5.49. The van der Waals surface area contributed by atoms with Crippen molar-refractivity contribution in [2.75, 3.05) is 16.8 Å². The molecule has 1 aliphatic heterocycles. The third-order valence-electron chi connectivity index (χ3n) is 3.63. The molecule has 1 heterocycles. The van der Waals surface area contributed by atoms with Gasteiger partial charge in [-0.3, -0.25) is 0 Å². The second-order valence-electron chi connectivity index (χ2n) is 4.84. The van der Waals surface area contributed by atoms with Crippen LogP contribution in [0.2, 0.25) is 0 Å². The number of hydrogen-bond donors (Lipinski definition) is 0. The summed E-state index contributed by atoms with van der Waals surface area (Å²) in [5.74, 6) is -0.420. The van der Waals surface area contributed by atoms with E-state index >= 15 is 0 Å². The number of halogens is 5. The molecule has 0 bridgehead atoms. The van der Waals surface area contributed by atoms with Crippen molar-refractivity contribution in [3.05, 3.63) is 29.6 Å². The molecule has 2 rings (SSSR count). The van der Waals surface area contributed by atoms with Gasteiger partial charge in [-0.15, -0.1) is 0 Å². The first-order chi connectivity index (χ1) is 8.84. The maximum atomic E-state index is 13.9. The fourth-order valence-corrected chi connectivity index (χ4v) is 3.45. The van der Waals surface area contributed by atoms with E-state index < -0.39 is 17.6 Å². The Kier molecular flexibility index (Phi) is 4.08. The average molecular weight is 340 g/mol. The maximum Gasteiger partial charge on any atom is 0.416 e. The molecule has 2 atom stereocenters. The van der Waals surface area contributed by atoms with Crippen LogP contribution in [0.1, 0.15) is 18.9 Å². The fourth-order valence-electron chi connectivity index (χ4n) is 2.46. The minimum absolute atomic E-state index is 0.117. The van der Waals surface area contributed by atoms with Crippen LogP contribution in [0.5, 0.6) is 0 Å². The molecule has 0 N–H and O–H groups in total. The van der Waals surface area contributed by atoms with Crippen molar-refractivity contribution in [2.45, 2.75) is 25.6 Å². The quantitative estimate of drug-likeness (QED) is 0.568. The van der Waals surface area contributed by atoms with Crippen molar-refractivity contribution in [1.82, 2.24) is 0 Å². The Balaban J connectivity index is 2.32. The van der Waals surface area contributed by atoms with Gasteiger partial charge < -0.3 is 4.90 Å². The number of hydrogen-bond acceptors (Lipinski definition) is 1. The Morgan fingerprint density at radius 3 is 2.58 bits per heavy atom. The molecule has 0 spiro atoms. The summed E-state index contributed by atoms with van der Waals surface area (Å²) < 4.78 is 51.4. The van der Waals surface area contributed by atoms with E-state index in [0.717, 1.165) is 12.5 Å². The van der Waals surface area contributed by atoms with E-state index in [1.165, 1.54) is 6.07 Å². The van der Waals surface area contributed by atoms with Crippen LogP contribution >= 0.6 is 15.9 Å². The Bertz CT molecular complexity index is 460. The normalized spacial score (nSPS) is 24.0. The van der Waals surface area contributed by atoms with Gasteiger partial charge in [-0.05, 0) is 30.5 Å². The van der Waals surface area contributed by atoms with Gasteiger partial charge in [0, 0.05) is 17.9 Å². The van der Waals surface area contributed by atoms with Crippen molar-refractivity contribution < 1.29 is 17.6 Å². The van der Waals surface area contributed by atoms with E-state index in [4.69, 9.17) is 0 Å². The Labute approximate surface area is 117 Å². The molecule has 0 saturated carbocycles. The molecule has 1 saturated heterocycles. The van der Waals surface area contributed by atoms with Crippen LogP contribution in [0, 0.1) is 11.7 Å². The summed E-state index contributed by atoms with van der Waals surface area (Å²) >= 11 is 3.38. The summed E-state index contributed by atoms with van der Waals surface area (Å²) in [5.41, 5.74) is -0.696. The smallest absolute Gasteiger partial charge is 0.365 e. The predicted octanol–water partition coefficient (Wildman–Crippen LogP) is 4.45. The summed E-state index contributed by atoms with van der Waals surface area (Å²) in [6, 6.07) is 2.86. The Morgan fingerprint density at radius 2 is 2.05 bits per heavy atom. The van der Waals surface area contributed by atoms with E-state index in [1.54, 1.807) is 0 Å². The van der Waals surface area contributed by atoms with E-state index in [1.807, 2.05) is 4.90 Å².